The number of hydrogen-bond acceptors (Lipinski definition) is 7. The molecule has 4 rings (SSSR count). The molecule has 1 aliphatic rings. The maximum Gasteiger partial charge on any atom is 0.159 e. The van der Waals surface area contributed by atoms with E-state index in [2.05, 4.69) is 26.5 Å². The van der Waals surface area contributed by atoms with Crippen LogP contribution in [-0.4, -0.2) is 41.6 Å². The van der Waals surface area contributed by atoms with E-state index < -0.39 is 0 Å². The summed E-state index contributed by atoms with van der Waals surface area (Å²) in [5.74, 6) is 1.94. The maximum atomic E-state index is 10.1. The third kappa shape index (κ3) is 4.11. The summed E-state index contributed by atoms with van der Waals surface area (Å²) in [6.45, 7) is 1.84. The molecule has 0 radical (unpaired) electrons. The van der Waals surface area contributed by atoms with E-state index in [1.165, 1.54) is 0 Å². The molecule has 2 aromatic carbocycles. The smallest absolute Gasteiger partial charge is 0.159 e. The molecular formula is C22H22ClN5O2. The van der Waals surface area contributed by atoms with Crippen LogP contribution in [0.1, 0.15) is 24.0 Å². The largest absolute Gasteiger partial charge is 0.495 e. The number of nitriles is 1. The Morgan fingerprint density at radius 1 is 1.27 bits per heavy atom. The fourth-order valence-electron chi connectivity index (χ4n) is 3.73. The Morgan fingerprint density at radius 3 is 2.87 bits per heavy atom. The highest BCUT2D eigenvalue weighted by Gasteiger charge is 2.22. The molecule has 154 valence electrons. The van der Waals surface area contributed by atoms with Crippen LogP contribution in [0.2, 0.25) is 5.02 Å². The van der Waals surface area contributed by atoms with E-state index in [1.807, 2.05) is 30.3 Å². The highest BCUT2D eigenvalue weighted by Crippen LogP contribution is 2.31. The van der Waals surface area contributed by atoms with Crippen LogP contribution in [0.3, 0.4) is 0 Å². The van der Waals surface area contributed by atoms with Gasteiger partial charge in [0.05, 0.1) is 29.9 Å². The Morgan fingerprint density at radius 2 is 2.13 bits per heavy atom. The number of benzene rings is 2. The number of aliphatic hydroxyl groups excluding tert-OH is 1. The zero-order chi connectivity index (χ0) is 21.1. The minimum atomic E-state index is -0.369. The average molecular weight is 424 g/mol. The number of anilines is 2. The Bertz CT molecular complexity index is 1110. The first-order chi connectivity index (χ1) is 14.6. The maximum absolute atomic E-state index is 10.1. The summed E-state index contributed by atoms with van der Waals surface area (Å²) in [7, 11) is 1.58. The zero-order valence-corrected chi connectivity index (χ0v) is 17.4. The molecule has 1 fully saturated rings. The highest BCUT2D eigenvalue weighted by molar-refractivity contribution is 6.32. The number of aliphatic hydroxyl groups is 1. The van der Waals surface area contributed by atoms with E-state index in [9.17, 15) is 10.4 Å². The Balaban J connectivity index is 1.67. The highest BCUT2D eigenvalue weighted by atomic mass is 35.5. The van der Waals surface area contributed by atoms with Crippen LogP contribution in [0.5, 0.6) is 5.75 Å². The number of piperidine rings is 1. The van der Waals surface area contributed by atoms with Gasteiger partial charge < -0.3 is 20.1 Å². The summed E-state index contributed by atoms with van der Waals surface area (Å²) < 4.78 is 5.20. The molecule has 0 bridgehead atoms. The van der Waals surface area contributed by atoms with Gasteiger partial charge in [0.15, 0.2) is 11.6 Å². The SMILES string of the molecule is COc1ccc(CNc2nnc(N3CCC[C@@H](O)C3)c3ccc(C#N)cc23)cc1Cl. The van der Waals surface area contributed by atoms with Gasteiger partial charge in [-0.15, -0.1) is 10.2 Å². The van der Waals surface area contributed by atoms with Gasteiger partial charge in [-0.3, -0.25) is 0 Å². The van der Waals surface area contributed by atoms with E-state index in [0.29, 0.717) is 35.2 Å². The summed E-state index contributed by atoms with van der Waals surface area (Å²) in [4.78, 5) is 2.06. The molecule has 2 heterocycles. The molecule has 30 heavy (non-hydrogen) atoms. The van der Waals surface area contributed by atoms with Gasteiger partial charge in [0.25, 0.3) is 0 Å². The van der Waals surface area contributed by atoms with Crippen LogP contribution in [0.25, 0.3) is 10.8 Å². The van der Waals surface area contributed by atoms with Gasteiger partial charge in [-0.1, -0.05) is 17.7 Å². The first-order valence-electron chi connectivity index (χ1n) is 9.79. The number of hydrogen-bond donors (Lipinski definition) is 2. The van der Waals surface area contributed by atoms with E-state index in [0.717, 1.165) is 41.5 Å². The molecule has 1 atom stereocenters. The number of rotatable bonds is 5. The molecule has 0 spiro atoms. The van der Waals surface area contributed by atoms with E-state index in [4.69, 9.17) is 16.3 Å². The van der Waals surface area contributed by atoms with Crippen LogP contribution in [0.15, 0.2) is 36.4 Å². The molecule has 2 N–H and O–H groups in total. The minimum Gasteiger partial charge on any atom is -0.495 e. The fourth-order valence-corrected chi connectivity index (χ4v) is 4.01. The van der Waals surface area contributed by atoms with Gasteiger partial charge in [0.1, 0.15) is 5.75 Å². The van der Waals surface area contributed by atoms with Crippen LogP contribution in [-0.2, 0) is 6.54 Å². The fraction of sp³-hybridized carbons (Fsp3) is 0.318. The van der Waals surface area contributed by atoms with Gasteiger partial charge in [0, 0.05) is 30.4 Å². The predicted molar refractivity (Wildman–Crippen MR) is 117 cm³/mol. The summed E-state index contributed by atoms with van der Waals surface area (Å²) in [6, 6.07) is 13.3. The topological polar surface area (TPSA) is 94.3 Å². The van der Waals surface area contributed by atoms with Crippen LogP contribution in [0.4, 0.5) is 11.6 Å². The van der Waals surface area contributed by atoms with Gasteiger partial charge >= 0.3 is 0 Å². The van der Waals surface area contributed by atoms with E-state index >= 15 is 0 Å². The van der Waals surface area contributed by atoms with Crippen LogP contribution < -0.4 is 15.0 Å². The lowest BCUT2D eigenvalue weighted by Gasteiger charge is -2.31. The van der Waals surface area contributed by atoms with Crippen molar-refractivity contribution in [2.24, 2.45) is 0 Å². The first kappa shape index (κ1) is 20.2. The monoisotopic (exact) mass is 423 g/mol. The molecule has 0 unspecified atom stereocenters. The Kier molecular flexibility index (Phi) is 5.88. The van der Waals surface area contributed by atoms with Gasteiger partial charge in [-0.2, -0.15) is 5.26 Å². The number of aromatic nitrogens is 2. The zero-order valence-electron chi connectivity index (χ0n) is 16.6. The molecule has 8 heteroatoms. The normalized spacial score (nSPS) is 16.3. The van der Waals surface area contributed by atoms with Crippen LogP contribution in [0, 0.1) is 11.3 Å². The minimum absolute atomic E-state index is 0.369. The third-order valence-corrected chi connectivity index (χ3v) is 5.56. The number of nitrogens with zero attached hydrogens (tertiary/aromatic N) is 4. The number of β-amino-alcohol motifs (C(OH)–C–C–N with tert-alkyl or cyclic N) is 1. The van der Waals surface area contributed by atoms with Crippen LogP contribution >= 0.6 is 11.6 Å². The molecule has 1 aliphatic heterocycles. The molecule has 0 aliphatic carbocycles. The first-order valence-corrected chi connectivity index (χ1v) is 10.2. The molecular weight excluding hydrogens is 402 g/mol. The second kappa shape index (κ2) is 8.74. The van der Waals surface area contributed by atoms with Crippen molar-refractivity contribution in [2.75, 3.05) is 30.4 Å². The molecule has 3 aromatic rings. The molecule has 1 saturated heterocycles. The average Bonchev–Trinajstić information content (AvgIpc) is 2.77. The van der Waals surface area contributed by atoms with Crippen molar-refractivity contribution < 1.29 is 9.84 Å². The second-order valence-electron chi connectivity index (χ2n) is 7.31. The number of ether oxygens (including phenoxy) is 1. The number of methoxy groups -OCH3 is 1. The Labute approximate surface area is 179 Å². The summed E-state index contributed by atoms with van der Waals surface area (Å²) >= 11 is 6.22. The van der Waals surface area contributed by atoms with Crippen molar-refractivity contribution in [2.45, 2.75) is 25.5 Å². The van der Waals surface area contributed by atoms with E-state index in [-0.39, 0.29) is 6.10 Å². The quantitative estimate of drug-likeness (QED) is 0.645. The van der Waals surface area contributed by atoms with Gasteiger partial charge in [-0.25, -0.2) is 0 Å². The predicted octanol–water partition coefficient (Wildman–Crippen LogP) is 3.74. The van der Waals surface area contributed by atoms with Crippen molar-refractivity contribution in [3.05, 3.63) is 52.5 Å². The number of fused-ring (bicyclic) bond motifs is 1. The van der Waals surface area contributed by atoms with Gasteiger partial charge in [0.2, 0.25) is 0 Å². The second-order valence-corrected chi connectivity index (χ2v) is 7.72. The van der Waals surface area contributed by atoms with Crippen molar-refractivity contribution in [3.63, 3.8) is 0 Å². The van der Waals surface area contributed by atoms with Crippen molar-refractivity contribution in [3.8, 4) is 11.8 Å². The summed E-state index contributed by atoms with van der Waals surface area (Å²) in [6.07, 6.45) is 1.33. The van der Waals surface area contributed by atoms with Crippen molar-refractivity contribution in [1.82, 2.24) is 10.2 Å². The molecule has 0 amide bonds. The molecule has 7 nitrogen and oxygen atoms in total. The standard InChI is InChI=1S/C22H22ClN5O2/c1-30-20-7-5-15(10-19(20)23)12-25-21-18-9-14(11-24)4-6-17(18)22(27-26-21)28-8-2-3-16(29)13-28/h4-7,9-10,16,29H,2-3,8,12-13H2,1H3,(H,25,26)/t16-/m1/s1. The number of nitrogens with one attached hydrogen (secondary N) is 1. The van der Waals surface area contributed by atoms with Gasteiger partial charge in [-0.05, 0) is 48.7 Å². The lowest BCUT2D eigenvalue weighted by molar-refractivity contribution is 0.154. The third-order valence-electron chi connectivity index (χ3n) is 5.26. The molecule has 0 saturated carbocycles. The van der Waals surface area contributed by atoms with Crippen molar-refractivity contribution in [1.29, 1.82) is 5.26 Å². The van der Waals surface area contributed by atoms with E-state index in [1.54, 1.807) is 13.2 Å². The summed E-state index contributed by atoms with van der Waals surface area (Å²) in [5, 5.41) is 33.8. The summed E-state index contributed by atoms with van der Waals surface area (Å²) in [5.41, 5.74) is 1.52. The Hall–Kier alpha value is -3.08. The lowest BCUT2D eigenvalue weighted by Crippen LogP contribution is -2.39. The number of halogens is 1. The lowest BCUT2D eigenvalue weighted by atomic mass is 10.1. The molecule has 1 aromatic heterocycles. The van der Waals surface area contributed by atoms with Crippen molar-refractivity contribution >= 4 is 34.0 Å².